The molecule has 1 fully saturated rings. The lowest BCUT2D eigenvalue weighted by atomic mass is 9.98. The second kappa shape index (κ2) is 12.5. The molecule has 2 atom stereocenters. The van der Waals surface area contributed by atoms with Crippen molar-refractivity contribution in [1.29, 1.82) is 5.26 Å². The molecule has 1 saturated heterocycles. The van der Waals surface area contributed by atoms with Crippen molar-refractivity contribution in [3.8, 4) is 46.0 Å². The third-order valence-corrected chi connectivity index (χ3v) is 7.56. The number of rotatable bonds is 7. The van der Waals surface area contributed by atoms with E-state index in [4.69, 9.17) is 19.2 Å². The molecule has 0 radical (unpaired) electrons. The zero-order valence-corrected chi connectivity index (χ0v) is 24.5. The number of amides is 1. The molecule has 0 bridgehead atoms. The van der Waals surface area contributed by atoms with Gasteiger partial charge in [0, 0.05) is 45.4 Å². The highest BCUT2D eigenvalue weighted by Crippen LogP contribution is 2.38. The molecule has 42 heavy (non-hydrogen) atoms. The molecule has 5 rings (SSSR count). The summed E-state index contributed by atoms with van der Waals surface area (Å²) in [6, 6.07) is 15.4. The van der Waals surface area contributed by atoms with E-state index < -0.39 is 6.10 Å². The van der Waals surface area contributed by atoms with Crippen LogP contribution in [0.1, 0.15) is 18.4 Å². The van der Waals surface area contributed by atoms with E-state index in [1.165, 1.54) is 4.90 Å². The van der Waals surface area contributed by atoms with Gasteiger partial charge >= 0.3 is 6.01 Å². The van der Waals surface area contributed by atoms with Gasteiger partial charge in [-0.05, 0) is 56.3 Å². The van der Waals surface area contributed by atoms with Crippen molar-refractivity contribution in [2.24, 2.45) is 10.9 Å². The van der Waals surface area contributed by atoms with E-state index in [9.17, 15) is 10.1 Å². The van der Waals surface area contributed by atoms with Crippen LogP contribution in [-0.2, 0) is 4.79 Å². The van der Waals surface area contributed by atoms with Gasteiger partial charge in [0.15, 0.2) is 11.5 Å². The summed E-state index contributed by atoms with van der Waals surface area (Å²) in [5.74, 6) is 1.22. The van der Waals surface area contributed by atoms with Gasteiger partial charge in [-0.1, -0.05) is 24.8 Å². The standard InChI is InChI=1S/C32H36N6O4/c1-6-38-30(34-2)28(24-13-14-25-26(16-24)42-27(20-40-25)31(39)36(3)4)29(23-11-9-21(17-33)10-12-23)35-32(38)41-19-22-8-7-15-37(5)18-22/h6,9-14,16,22,27H,1,7-8,15,18-20H2,2-5H3/b34-30-/t22-,27?/m1/s1. The summed E-state index contributed by atoms with van der Waals surface area (Å²) in [6.07, 6.45) is 3.13. The van der Waals surface area contributed by atoms with E-state index in [1.807, 2.05) is 30.3 Å². The average molecular weight is 569 g/mol. The maximum Gasteiger partial charge on any atom is 0.302 e. The maximum absolute atomic E-state index is 12.6. The number of ether oxygens (including phenoxy) is 3. The van der Waals surface area contributed by atoms with Crippen molar-refractivity contribution >= 4 is 12.1 Å². The molecule has 10 heteroatoms. The number of aromatic nitrogens is 2. The fraction of sp³-hybridized carbons (Fsp3) is 0.375. The molecule has 0 aliphatic carbocycles. The molecule has 2 aliphatic heterocycles. The quantitative estimate of drug-likeness (QED) is 0.428. The fourth-order valence-corrected chi connectivity index (χ4v) is 5.42. The number of likely N-dealkylation sites (tertiary alicyclic amines) is 1. The molecule has 2 aliphatic rings. The summed E-state index contributed by atoms with van der Waals surface area (Å²) in [4.78, 5) is 26.1. The average Bonchev–Trinajstić information content (AvgIpc) is 3.02. The van der Waals surface area contributed by atoms with Crippen LogP contribution in [0.15, 0.2) is 54.0 Å². The van der Waals surface area contributed by atoms with Gasteiger partial charge in [-0.15, -0.1) is 0 Å². The normalized spacial score (nSPS) is 18.7. The van der Waals surface area contributed by atoms with Crippen LogP contribution in [-0.4, -0.2) is 85.9 Å². The summed E-state index contributed by atoms with van der Waals surface area (Å²) in [7, 11) is 7.22. The Kier molecular flexibility index (Phi) is 8.59. The number of benzene rings is 2. The highest BCUT2D eigenvalue weighted by atomic mass is 16.6. The number of hydrogen-bond donors (Lipinski definition) is 0. The summed E-state index contributed by atoms with van der Waals surface area (Å²) in [5, 5.41) is 9.37. The van der Waals surface area contributed by atoms with Crippen LogP contribution >= 0.6 is 0 Å². The first-order chi connectivity index (χ1) is 20.3. The molecular weight excluding hydrogens is 532 g/mol. The van der Waals surface area contributed by atoms with E-state index in [-0.39, 0.29) is 12.5 Å². The van der Waals surface area contributed by atoms with Crippen LogP contribution in [0.5, 0.6) is 17.5 Å². The minimum atomic E-state index is -0.748. The molecule has 1 aromatic heterocycles. The van der Waals surface area contributed by atoms with E-state index in [2.05, 4.69) is 29.6 Å². The molecule has 0 spiro atoms. The Morgan fingerprint density at radius 3 is 2.67 bits per heavy atom. The second-order valence-corrected chi connectivity index (χ2v) is 10.8. The van der Waals surface area contributed by atoms with Crippen molar-refractivity contribution in [1.82, 2.24) is 19.4 Å². The first-order valence-electron chi connectivity index (χ1n) is 14.0. The lowest BCUT2D eigenvalue weighted by molar-refractivity contribution is -0.138. The lowest BCUT2D eigenvalue weighted by Crippen LogP contribution is -2.43. The Hall–Kier alpha value is -4.62. The van der Waals surface area contributed by atoms with Crippen LogP contribution < -0.4 is 19.7 Å². The van der Waals surface area contributed by atoms with Crippen molar-refractivity contribution in [2.75, 3.05) is 54.5 Å². The van der Waals surface area contributed by atoms with Crippen molar-refractivity contribution in [3.05, 3.63) is 60.1 Å². The number of nitriles is 1. The van der Waals surface area contributed by atoms with Crippen LogP contribution in [0.2, 0.25) is 0 Å². The van der Waals surface area contributed by atoms with Gasteiger partial charge in [0.05, 0.1) is 29.5 Å². The van der Waals surface area contributed by atoms with E-state index in [0.717, 1.165) is 42.6 Å². The van der Waals surface area contributed by atoms with Gasteiger partial charge in [0.1, 0.15) is 12.1 Å². The minimum Gasteiger partial charge on any atom is -0.485 e. The Morgan fingerprint density at radius 1 is 1.24 bits per heavy atom. The number of fused-ring (bicyclic) bond motifs is 1. The zero-order chi connectivity index (χ0) is 29.8. The number of piperidine rings is 1. The van der Waals surface area contributed by atoms with Crippen molar-refractivity contribution in [2.45, 2.75) is 18.9 Å². The highest BCUT2D eigenvalue weighted by molar-refractivity contribution is 5.83. The van der Waals surface area contributed by atoms with Crippen molar-refractivity contribution < 1.29 is 19.0 Å². The van der Waals surface area contributed by atoms with Gasteiger partial charge in [-0.3, -0.25) is 14.4 Å². The monoisotopic (exact) mass is 568 g/mol. The summed E-state index contributed by atoms with van der Waals surface area (Å²) in [6.45, 7) is 6.75. The smallest absolute Gasteiger partial charge is 0.302 e. The fourth-order valence-electron chi connectivity index (χ4n) is 5.42. The van der Waals surface area contributed by atoms with Gasteiger partial charge in [0.2, 0.25) is 6.10 Å². The van der Waals surface area contributed by atoms with E-state index in [1.54, 1.807) is 44.0 Å². The van der Waals surface area contributed by atoms with Crippen LogP contribution in [0.4, 0.5) is 0 Å². The summed E-state index contributed by atoms with van der Waals surface area (Å²) >= 11 is 0. The van der Waals surface area contributed by atoms with Crippen molar-refractivity contribution in [3.63, 3.8) is 0 Å². The Bertz CT molecular complexity index is 1590. The Labute approximate surface area is 246 Å². The van der Waals surface area contributed by atoms with Gasteiger partial charge in [-0.25, -0.2) is 0 Å². The topological polar surface area (TPSA) is 105 Å². The minimum absolute atomic E-state index is 0.135. The number of carbonyl (C=O) groups is 1. The largest absolute Gasteiger partial charge is 0.485 e. The van der Waals surface area contributed by atoms with E-state index >= 15 is 0 Å². The third kappa shape index (κ3) is 5.87. The SMILES string of the molecule is C=Cn1c(OC[C@@H]2CCCN(C)C2)nc(-c2ccc(C#N)cc2)c(-c2ccc3c(c2)OC(C(=O)N(C)C)CO3)/c1=N/C. The number of hydrogen-bond acceptors (Lipinski definition) is 8. The second-order valence-electron chi connectivity index (χ2n) is 10.8. The number of likely N-dealkylation sites (N-methyl/N-ethyl adjacent to an activating group) is 1. The van der Waals surface area contributed by atoms with Gasteiger partial charge in [-0.2, -0.15) is 10.2 Å². The summed E-state index contributed by atoms with van der Waals surface area (Å²) < 4.78 is 20.1. The molecule has 3 aromatic rings. The lowest BCUT2D eigenvalue weighted by Gasteiger charge is -2.29. The Morgan fingerprint density at radius 2 is 2.00 bits per heavy atom. The molecule has 0 saturated carbocycles. The van der Waals surface area contributed by atoms with Gasteiger partial charge < -0.3 is 24.0 Å². The first kappa shape index (κ1) is 28.9. The zero-order valence-electron chi connectivity index (χ0n) is 24.5. The number of carbonyl (C=O) groups excluding carboxylic acids is 1. The molecule has 10 nitrogen and oxygen atoms in total. The van der Waals surface area contributed by atoms with Crippen LogP contribution in [0.3, 0.4) is 0 Å². The molecule has 0 N–H and O–H groups in total. The van der Waals surface area contributed by atoms with E-state index in [0.29, 0.717) is 46.8 Å². The predicted molar refractivity (Wildman–Crippen MR) is 160 cm³/mol. The first-order valence-corrected chi connectivity index (χ1v) is 14.0. The third-order valence-electron chi connectivity index (χ3n) is 7.56. The summed E-state index contributed by atoms with van der Waals surface area (Å²) in [5.41, 5.74) is 4.05. The molecule has 3 heterocycles. The number of nitrogens with zero attached hydrogens (tertiary/aromatic N) is 6. The molecule has 2 aromatic carbocycles. The van der Waals surface area contributed by atoms with Crippen LogP contribution in [0.25, 0.3) is 28.6 Å². The highest BCUT2D eigenvalue weighted by Gasteiger charge is 2.30. The molecule has 1 amide bonds. The molecule has 218 valence electrons. The van der Waals surface area contributed by atoms with Gasteiger partial charge in [0.25, 0.3) is 5.91 Å². The van der Waals surface area contributed by atoms with Crippen LogP contribution in [0, 0.1) is 17.2 Å². The molecule has 1 unspecified atom stereocenters. The maximum atomic E-state index is 12.6. The predicted octanol–water partition coefficient (Wildman–Crippen LogP) is 3.67. The molecular formula is C32H36N6O4. The Balaban J connectivity index is 1.63.